The SMILES string of the molecule is CC1CC(NC/C=C/c2ccccc2)CCO1. The lowest BCUT2D eigenvalue weighted by Crippen LogP contribution is -2.37. The highest BCUT2D eigenvalue weighted by Crippen LogP contribution is 2.12. The van der Waals surface area contributed by atoms with Crippen LogP contribution in [0, 0.1) is 0 Å². The molecule has 1 saturated heterocycles. The molecule has 2 heteroatoms. The van der Waals surface area contributed by atoms with Gasteiger partial charge in [0.2, 0.25) is 0 Å². The van der Waals surface area contributed by atoms with Crippen molar-refractivity contribution in [3.05, 3.63) is 42.0 Å². The molecule has 0 aromatic heterocycles. The van der Waals surface area contributed by atoms with Crippen LogP contribution in [0.5, 0.6) is 0 Å². The Morgan fingerprint density at radius 3 is 2.94 bits per heavy atom. The third-order valence-electron chi connectivity index (χ3n) is 3.12. The first-order chi connectivity index (χ1) is 8.34. The van der Waals surface area contributed by atoms with Crippen LogP contribution in [-0.2, 0) is 4.74 Å². The average molecular weight is 231 g/mol. The van der Waals surface area contributed by atoms with E-state index >= 15 is 0 Å². The fourth-order valence-electron chi connectivity index (χ4n) is 2.18. The molecule has 92 valence electrons. The van der Waals surface area contributed by atoms with Gasteiger partial charge in [-0.1, -0.05) is 42.5 Å². The van der Waals surface area contributed by atoms with Crippen LogP contribution in [0.2, 0.25) is 0 Å². The summed E-state index contributed by atoms with van der Waals surface area (Å²) < 4.78 is 5.53. The van der Waals surface area contributed by atoms with E-state index in [1.54, 1.807) is 0 Å². The van der Waals surface area contributed by atoms with Crippen molar-refractivity contribution in [1.29, 1.82) is 0 Å². The number of hydrogen-bond acceptors (Lipinski definition) is 2. The predicted octanol–water partition coefficient (Wildman–Crippen LogP) is 2.86. The van der Waals surface area contributed by atoms with E-state index in [2.05, 4.69) is 48.7 Å². The Bertz CT molecular complexity index is 347. The minimum Gasteiger partial charge on any atom is -0.378 e. The first kappa shape index (κ1) is 12.3. The quantitative estimate of drug-likeness (QED) is 0.860. The van der Waals surface area contributed by atoms with Crippen molar-refractivity contribution >= 4 is 6.08 Å². The van der Waals surface area contributed by atoms with Gasteiger partial charge in [-0.15, -0.1) is 0 Å². The Morgan fingerprint density at radius 2 is 2.18 bits per heavy atom. The van der Waals surface area contributed by atoms with Gasteiger partial charge in [0.25, 0.3) is 0 Å². The number of rotatable bonds is 4. The third-order valence-corrected chi connectivity index (χ3v) is 3.12. The van der Waals surface area contributed by atoms with Crippen LogP contribution >= 0.6 is 0 Å². The van der Waals surface area contributed by atoms with Crippen LogP contribution in [-0.4, -0.2) is 25.3 Å². The second-order valence-electron chi connectivity index (χ2n) is 4.62. The topological polar surface area (TPSA) is 21.3 Å². The summed E-state index contributed by atoms with van der Waals surface area (Å²) in [5.74, 6) is 0. The van der Waals surface area contributed by atoms with Gasteiger partial charge in [-0.05, 0) is 25.3 Å². The van der Waals surface area contributed by atoms with Crippen LogP contribution in [0.15, 0.2) is 36.4 Å². The monoisotopic (exact) mass is 231 g/mol. The number of ether oxygens (including phenoxy) is 1. The molecule has 1 aliphatic heterocycles. The van der Waals surface area contributed by atoms with Crippen LogP contribution in [0.4, 0.5) is 0 Å². The van der Waals surface area contributed by atoms with E-state index < -0.39 is 0 Å². The molecule has 0 amide bonds. The van der Waals surface area contributed by atoms with Gasteiger partial charge in [-0.3, -0.25) is 0 Å². The van der Waals surface area contributed by atoms with E-state index in [4.69, 9.17) is 4.74 Å². The van der Waals surface area contributed by atoms with Crippen LogP contribution in [0.3, 0.4) is 0 Å². The van der Waals surface area contributed by atoms with E-state index in [9.17, 15) is 0 Å². The second-order valence-corrected chi connectivity index (χ2v) is 4.62. The first-order valence-electron chi connectivity index (χ1n) is 6.41. The molecular weight excluding hydrogens is 210 g/mol. The second kappa shape index (κ2) is 6.58. The van der Waals surface area contributed by atoms with Crippen LogP contribution < -0.4 is 5.32 Å². The fraction of sp³-hybridized carbons (Fsp3) is 0.467. The maximum Gasteiger partial charge on any atom is 0.0561 e. The van der Waals surface area contributed by atoms with Crippen LogP contribution in [0.25, 0.3) is 6.08 Å². The van der Waals surface area contributed by atoms with Gasteiger partial charge in [-0.2, -0.15) is 0 Å². The molecule has 1 aliphatic rings. The number of hydrogen-bond donors (Lipinski definition) is 1. The third kappa shape index (κ3) is 4.33. The Balaban J connectivity index is 1.70. The zero-order valence-corrected chi connectivity index (χ0v) is 10.4. The summed E-state index contributed by atoms with van der Waals surface area (Å²) in [5, 5.41) is 3.56. The smallest absolute Gasteiger partial charge is 0.0561 e. The van der Waals surface area contributed by atoms with Gasteiger partial charge < -0.3 is 10.1 Å². The van der Waals surface area contributed by atoms with Gasteiger partial charge in [-0.25, -0.2) is 0 Å². The Morgan fingerprint density at radius 1 is 1.35 bits per heavy atom. The molecule has 1 fully saturated rings. The van der Waals surface area contributed by atoms with E-state index in [0.717, 1.165) is 26.0 Å². The molecule has 1 N–H and O–H groups in total. The summed E-state index contributed by atoms with van der Waals surface area (Å²) in [6, 6.07) is 11.0. The van der Waals surface area contributed by atoms with Gasteiger partial charge in [0.15, 0.2) is 0 Å². The molecule has 1 aromatic rings. The lowest BCUT2D eigenvalue weighted by molar-refractivity contribution is 0.0140. The van der Waals surface area contributed by atoms with E-state index in [1.807, 2.05) is 6.07 Å². The van der Waals surface area contributed by atoms with Gasteiger partial charge in [0, 0.05) is 19.2 Å². The first-order valence-corrected chi connectivity index (χ1v) is 6.41. The maximum absolute atomic E-state index is 5.53. The highest BCUT2D eigenvalue weighted by molar-refractivity contribution is 5.48. The zero-order valence-electron chi connectivity index (χ0n) is 10.4. The highest BCUT2D eigenvalue weighted by Gasteiger charge is 2.17. The van der Waals surface area contributed by atoms with Crippen molar-refractivity contribution < 1.29 is 4.74 Å². The summed E-state index contributed by atoms with van der Waals surface area (Å²) in [6.07, 6.45) is 7.01. The number of benzene rings is 1. The normalized spacial score (nSPS) is 25.2. The minimum absolute atomic E-state index is 0.402. The maximum atomic E-state index is 5.53. The van der Waals surface area contributed by atoms with E-state index in [-0.39, 0.29) is 0 Å². The molecule has 17 heavy (non-hydrogen) atoms. The van der Waals surface area contributed by atoms with Gasteiger partial charge in [0.05, 0.1) is 6.10 Å². The minimum atomic E-state index is 0.402. The summed E-state index contributed by atoms with van der Waals surface area (Å²) in [7, 11) is 0. The summed E-state index contributed by atoms with van der Waals surface area (Å²) in [6.45, 7) is 3.97. The standard InChI is InChI=1S/C15H21NO/c1-13-12-15(9-11-17-13)16-10-5-8-14-6-3-2-4-7-14/h2-8,13,15-16H,9-12H2,1H3/b8-5+. The molecular formula is C15H21NO. The molecule has 2 atom stereocenters. The van der Waals surface area contributed by atoms with Crippen molar-refractivity contribution in [1.82, 2.24) is 5.32 Å². The summed E-state index contributed by atoms with van der Waals surface area (Å²) >= 11 is 0. The van der Waals surface area contributed by atoms with E-state index in [1.165, 1.54) is 5.56 Å². The number of nitrogens with one attached hydrogen (secondary N) is 1. The van der Waals surface area contributed by atoms with Gasteiger partial charge >= 0.3 is 0 Å². The van der Waals surface area contributed by atoms with Crippen molar-refractivity contribution in [3.8, 4) is 0 Å². The zero-order chi connectivity index (χ0) is 11.9. The molecule has 0 bridgehead atoms. The molecule has 2 rings (SSSR count). The Kier molecular flexibility index (Phi) is 4.77. The van der Waals surface area contributed by atoms with E-state index in [0.29, 0.717) is 12.1 Å². The van der Waals surface area contributed by atoms with Crippen LogP contribution in [0.1, 0.15) is 25.3 Å². The Hall–Kier alpha value is -1.12. The lowest BCUT2D eigenvalue weighted by atomic mass is 10.0. The largest absolute Gasteiger partial charge is 0.378 e. The highest BCUT2D eigenvalue weighted by atomic mass is 16.5. The van der Waals surface area contributed by atoms with Gasteiger partial charge in [0.1, 0.15) is 0 Å². The molecule has 0 saturated carbocycles. The van der Waals surface area contributed by atoms with Crippen molar-refractivity contribution in [3.63, 3.8) is 0 Å². The van der Waals surface area contributed by atoms with Crippen molar-refractivity contribution in [2.75, 3.05) is 13.2 Å². The molecule has 0 spiro atoms. The summed E-state index contributed by atoms with van der Waals surface area (Å²) in [5.41, 5.74) is 1.26. The molecule has 0 aliphatic carbocycles. The molecule has 1 aromatic carbocycles. The lowest BCUT2D eigenvalue weighted by Gasteiger charge is -2.27. The van der Waals surface area contributed by atoms with Crippen molar-refractivity contribution in [2.24, 2.45) is 0 Å². The Labute approximate surface area is 104 Å². The molecule has 1 heterocycles. The average Bonchev–Trinajstić information content (AvgIpc) is 2.36. The predicted molar refractivity (Wildman–Crippen MR) is 71.9 cm³/mol. The van der Waals surface area contributed by atoms with Crippen molar-refractivity contribution in [2.45, 2.75) is 31.9 Å². The summed E-state index contributed by atoms with van der Waals surface area (Å²) in [4.78, 5) is 0. The fourth-order valence-corrected chi connectivity index (χ4v) is 2.18. The molecule has 2 nitrogen and oxygen atoms in total. The molecule has 2 unspecified atom stereocenters. The molecule has 0 radical (unpaired) electrons.